The molecule has 0 aromatic heterocycles. The van der Waals surface area contributed by atoms with Crippen molar-refractivity contribution in [3.05, 3.63) is 29.8 Å². The van der Waals surface area contributed by atoms with E-state index >= 15 is 0 Å². The number of rotatable bonds is 7. The third kappa shape index (κ3) is 5.54. The number of piperazine rings is 1. The molecule has 0 saturated carbocycles. The molecule has 8 nitrogen and oxygen atoms in total. The van der Waals surface area contributed by atoms with Crippen LogP contribution in [0.4, 0.5) is 5.69 Å². The summed E-state index contributed by atoms with van der Waals surface area (Å²) >= 11 is 0. The molecule has 0 radical (unpaired) electrons. The first-order valence-corrected chi connectivity index (χ1v) is 9.15. The van der Waals surface area contributed by atoms with Gasteiger partial charge in [0.1, 0.15) is 6.04 Å². The summed E-state index contributed by atoms with van der Waals surface area (Å²) in [6.45, 7) is 2.70. The highest BCUT2D eigenvalue weighted by atomic mass is 16.2. The number of nitrogens with one attached hydrogen (secondary N) is 3. The Bertz CT molecular complexity index is 702. The maximum atomic E-state index is 12.8. The Morgan fingerprint density at radius 2 is 1.89 bits per heavy atom. The second kappa shape index (κ2) is 9.70. The highest BCUT2D eigenvalue weighted by Gasteiger charge is 2.34. The fourth-order valence-corrected chi connectivity index (χ4v) is 2.86. The minimum absolute atomic E-state index is 0.0609. The first-order chi connectivity index (χ1) is 13.0. The molecule has 2 rings (SSSR count). The molecule has 1 saturated heterocycles. The van der Waals surface area contributed by atoms with E-state index in [1.807, 2.05) is 6.92 Å². The van der Waals surface area contributed by atoms with E-state index in [0.29, 0.717) is 30.8 Å². The molecule has 1 aromatic rings. The van der Waals surface area contributed by atoms with Gasteiger partial charge in [-0.1, -0.05) is 13.3 Å². The molecule has 1 unspecified atom stereocenters. The summed E-state index contributed by atoms with van der Waals surface area (Å²) in [6.07, 6.45) is 2.15. The summed E-state index contributed by atoms with van der Waals surface area (Å²) in [5.41, 5.74) is 1.02. The molecule has 0 spiro atoms. The lowest BCUT2D eigenvalue weighted by molar-refractivity contribution is -0.132. The van der Waals surface area contributed by atoms with Crippen molar-refractivity contribution in [2.75, 3.05) is 25.5 Å². The zero-order chi connectivity index (χ0) is 19.8. The number of unbranched alkanes of at least 4 members (excludes halogenated alkanes) is 1. The molecule has 3 N–H and O–H groups in total. The first kappa shape index (κ1) is 20.4. The van der Waals surface area contributed by atoms with Crippen molar-refractivity contribution < 1.29 is 19.2 Å². The Hall–Kier alpha value is -2.90. The average Bonchev–Trinajstić information content (AvgIpc) is 2.67. The van der Waals surface area contributed by atoms with Gasteiger partial charge in [0.2, 0.25) is 17.7 Å². The molecular formula is C19H26N4O4. The molecule has 1 aliphatic rings. The van der Waals surface area contributed by atoms with Crippen molar-refractivity contribution in [1.29, 1.82) is 0 Å². The predicted octanol–water partition coefficient (Wildman–Crippen LogP) is 0.892. The van der Waals surface area contributed by atoms with Crippen molar-refractivity contribution in [1.82, 2.24) is 15.5 Å². The zero-order valence-corrected chi connectivity index (χ0v) is 15.7. The number of benzene rings is 1. The van der Waals surface area contributed by atoms with E-state index in [9.17, 15) is 19.2 Å². The second-order valence-corrected chi connectivity index (χ2v) is 6.41. The summed E-state index contributed by atoms with van der Waals surface area (Å²) < 4.78 is 0. The van der Waals surface area contributed by atoms with Crippen molar-refractivity contribution >= 4 is 29.3 Å². The van der Waals surface area contributed by atoms with Gasteiger partial charge >= 0.3 is 0 Å². The molecule has 4 amide bonds. The number of carbonyl (C=O) groups excluding carboxylic acids is 4. The molecule has 1 atom stereocenters. The fourth-order valence-electron chi connectivity index (χ4n) is 2.86. The lowest BCUT2D eigenvalue weighted by Crippen LogP contribution is -2.58. The van der Waals surface area contributed by atoms with Crippen LogP contribution < -0.4 is 16.0 Å². The maximum absolute atomic E-state index is 12.8. The maximum Gasteiger partial charge on any atom is 0.254 e. The summed E-state index contributed by atoms with van der Waals surface area (Å²) in [5, 5.41) is 7.95. The Labute approximate surface area is 158 Å². The number of carbonyl (C=O) groups is 4. The van der Waals surface area contributed by atoms with Gasteiger partial charge < -0.3 is 20.9 Å². The highest BCUT2D eigenvalue weighted by Crippen LogP contribution is 2.17. The molecule has 8 heteroatoms. The van der Waals surface area contributed by atoms with Crippen LogP contribution in [0.15, 0.2) is 24.3 Å². The Morgan fingerprint density at radius 3 is 2.52 bits per heavy atom. The molecule has 1 fully saturated rings. The normalized spacial score (nSPS) is 16.4. The van der Waals surface area contributed by atoms with Gasteiger partial charge in [-0.2, -0.15) is 0 Å². The van der Waals surface area contributed by atoms with Gasteiger partial charge in [0.15, 0.2) is 0 Å². The third-order valence-electron chi connectivity index (χ3n) is 4.42. The van der Waals surface area contributed by atoms with Crippen LogP contribution in [0.25, 0.3) is 0 Å². The van der Waals surface area contributed by atoms with Crippen molar-refractivity contribution in [3.8, 4) is 0 Å². The van der Waals surface area contributed by atoms with Gasteiger partial charge in [0.05, 0.1) is 6.42 Å². The van der Waals surface area contributed by atoms with Crippen LogP contribution in [-0.2, 0) is 14.4 Å². The van der Waals surface area contributed by atoms with Crippen molar-refractivity contribution in [2.45, 2.75) is 38.6 Å². The van der Waals surface area contributed by atoms with Crippen LogP contribution in [0, 0.1) is 0 Å². The van der Waals surface area contributed by atoms with Gasteiger partial charge in [-0.25, -0.2) is 0 Å². The SMILES string of the molecule is CCCCC(=O)Nc1ccc(C(=O)N2CCNC(=O)C2CC(=O)NC)cc1. The smallest absolute Gasteiger partial charge is 0.254 e. The molecular weight excluding hydrogens is 348 g/mol. The first-order valence-electron chi connectivity index (χ1n) is 9.15. The van der Waals surface area contributed by atoms with E-state index in [4.69, 9.17) is 0 Å². The summed E-state index contributed by atoms with van der Waals surface area (Å²) in [4.78, 5) is 49.8. The van der Waals surface area contributed by atoms with Crippen LogP contribution in [0.5, 0.6) is 0 Å². The molecule has 27 heavy (non-hydrogen) atoms. The van der Waals surface area contributed by atoms with Crippen molar-refractivity contribution in [3.63, 3.8) is 0 Å². The molecule has 146 valence electrons. The lowest BCUT2D eigenvalue weighted by atomic mass is 10.1. The minimum Gasteiger partial charge on any atom is -0.359 e. The van der Waals surface area contributed by atoms with Gasteiger partial charge in [0.25, 0.3) is 5.91 Å². The third-order valence-corrected chi connectivity index (χ3v) is 4.42. The number of hydrogen-bond acceptors (Lipinski definition) is 4. The Balaban J connectivity index is 2.07. The number of amides is 4. The second-order valence-electron chi connectivity index (χ2n) is 6.41. The van der Waals surface area contributed by atoms with Crippen LogP contribution >= 0.6 is 0 Å². The van der Waals surface area contributed by atoms with Gasteiger partial charge in [-0.05, 0) is 30.7 Å². The van der Waals surface area contributed by atoms with Gasteiger partial charge in [-0.15, -0.1) is 0 Å². The molecule has 1 heterocycles. The van der Waals surface area contributed by atoms with E-state index in [1.54, 1.807) is 24.3 Å². The van der Waals surface area contributed by atoms with Crippen LogP contribution in [-0.4, -0.2) is 54.7 Å². The van der Waals surface area contributed by atoms with E-state index in [0.717, 1.165) is 12.8 Å². The fraction of sp³-hybridized carbons (Fsp3) is 0.474. The summed E-state index contributed by atoms with van der Waals surface area (Å²) in [7, 11) is 1.49. The lowest BCUT2D eigenvalue weighted by Gasteiger charge is -2.34. The van der Waals surface area contributed by atoms with Crippen LogP contribution in [0.3, 0.4) is 0 Å². The Morgan fingerprint density at radius 1 is 1.19 bits per heavy atom. The summed E-state index contributed by atoms with van der Waals surface area (Å²) in [6, 6.07) is 5.71. The average molecular weight is 374 g/mol. The molecule has 1 aliphatic heterocycles. The molecule has 0 bridgehead atoms. The number of hydrogen-bond donors (Lipinski definition) is 3. The Kier molecular flexibility index (Phi) is 7.34. The number of nitrogens with zero attached hydrogens (tertiary/aromatic N) is 1. The standard InChI is InChI=1S/C19H26N4O4/c1-3-4-5-16(24)22-14-8-6-13(7-9-14)19(27)23-11-10-21-18(26)15(23)12-17(25)20-2/h6-9,15H,3-5,10-12H2,1-2H3,(H,20,25)(H,21,26)(H,22,24). The van der Waals surface area contributed by atoms with E-state index in [-0.39, 0.29) is 30.0 Å². The number of anilines is 1. The highest BCUT2D eigenvalue weighted by molar-refractivity contribution is 6.00. The van der Waals surface area contributed by atoms with Crippen LogP contribution in [0.1, 0.15) is 43.0 Å². The predicted molar refractivity (Wildman–Crippen MR) is 101 cm³/mol. The molecule has 1 aromatic carbocycles. The zero-order valence-electron chi connectivity index (χ0n) is 15.7. The largest absolute Gasteiger partial charge is 0.359 e. The van der Waals surface area contributed by atoms with Gasteiger partial charge in [0, 0.05) is 37.8 Å². The van der Waals surface area contributed by atoms with Crippen LogP contribution in [0.2, 0.25) is 0 Å². The summed E-state index contributed by atoms with van der Waals surface area (Å²) in [5.74, 6) is -1.02. The monoisotopic (exact) mass is 374 g/mol. The molecule has 0 aliphatic carbocycles. The topological polar surface area (TPSA) is 108 Å². The minimum atomic E-state index is -0.834. The van der Waals surface area contributed by atoms with E-state index < -0.39 is 6.04 Å². The van der Waals surface area contributed by atoms with Gasteiger partial charge in [-0.3, -0.25) is 19.2 Å². The van der Waals surface area contributed by atoms with E-state index in [1.165, 1.54) is 11.9 Å². The van der Waals surface area contributed by atoms with E-state index in [2.05, 4.69) is 16.0 Å². The quantitative estimate of drug-likeness (QED) is 0.659. The van der Waals surface area contributed by atoms with Crippen molar-refractivity contribution in [2.24, 2.45) is 0 Å².